The van der Waals surface area contributed by atoms with Crippen LogP contribution in [0.1, 0.15) is 53.6 Å². The van der Waals surface area contributed by atoms with Gasteiger partial charge in [0.2, 0.25) is 5.91 Å². The summed E-state index contributed by atoms with van der Waals surface area (Å²) in [4.78, 5) is 26.8. The number of aryl methyl sites for hydroxylation is 1. The first-order valence-electron chi connectivity index (χ1n) is 8.64. The zero-order chi connectivity index (χ0) is 16.0. The maximum atomic E-state index is 13.0. The molecule has 4 nitrogen and oxygen atoms in total. The average molecular weight is 313 g/mol. The zero-order valence-corrected chi connectivity index (χ0v) is 13.6. The van der Waals surface area contributed by atoms with Gasteiger partial charge in [-0.05, 0) is 68.2 Å². The second-order valence-corrected chi connectivity index (χ2v) is 7.27. The predicted octanol–water partition coefficient (Wildman–Crippen LogP) is 2.73. The molecule has 122 valence electrons. The van der Waals surface area contributed by atoms with Crippen molar-refractivity contribution in [1.29, 1.82) is 0 Å². The van der Waals surface area contributed by atoms with E-state index in [1.54, 1.807) is 0 Å². The molecule has 0 N–H and O–H groups in total. The number of amides is 1. The number of ether oxygens (including phenoxy) is 1. The minimum Gasteiger partial charge on any atom is -0.465 e. The molecule has 0 radical (unpaired) electrons. The van der Waals surface area contributed by atoms with Crippen LogP contribution in [0.5, 0.6) is 0 Å². The Hall–Kier alpha value is -1.84. The molecular formula is C19H23NO3. The fourth-order valence-corrected chi connectivity index (χ4v) is 4.39. The van der Waals surface area contributed by atoms with Gasteiger partial charge in [0.05, 0.1) is 18.1 Å². The standard InChI is InChI=1S/C19H23NO3/c1-23-17(21)14-5-6-15-12-19(8-7-13(15)11-14)9-10-20(18(19)22)16-3-2-4-16/h5-6,11,16H,2-4,7-10,12H2,1H3/t19-/m1/s1. The highest BCUT2D eigenvalue weighted by molar-refractivity contribution is 5.90. The number of carbonyl (C=O) groups excluding carboxylic acids is 2. The Kier molecular flexibility index (Phi) is 3.43. The highest BCUT2D eigenvalue weighted by Gasteiger charge is 2.50. The Bertz CT molecular complexity index is 665. The molecule has 0 bridgehead atoms. The summed E-state index contributed by atoms with van der Waals surface area (Å²) in [5, 5.41) is 0. The largest absolute Gasteiger partial charge is 0.465 e. The quantitative estimate of drug-likeness (QED) is 0.789. The molecule has 1 aromatic carbocycles. The maximum Gasteiger partial charge on any atom is 0.337 e. The van der Waals surface area contributed by atoms with Crippen molar-refractivity contribution >= 4 is 11.9 Å². The monoisotopic (exact) mass is 313 g/mol. The van der Waals surface area contributed by atoms with Crippen LogP contribution in [0.2, 0.25) is 0 Å². The molecule has 0 aromatic heterocycles. The van der Waals surface area contributed by atoms with E-state index < -0.39 is 0 Å². The number of nitrogens with zero attached hydrogens (tertiary/aromatic N) is 1. The molecule has 2 aliphatic carbocycles. The first-order chi connectivity index (χ1) is 11.1. The predicted molar refractivity (Wildman–Crippen MR) is 86.2 cm³/mol. The first-order valence-corrected chi connectivity index (χ1v) is 8.64. The summed E-state index contributed by atoms with van der Waals surface area (Å²) in [5.74, 6) is 0.0890. The molecule has 1 aromatic rings. The van der Waals surface area contributed by atoms with Crippen LogP contribution < -0.4 is 0 Å². The van der Waals surface area contributed by atoms with Crippen molar-refractivity contribution in [3.05, 3.63) is 34.9 Å². The third-order valence-corrected chi connectivity index (χ3v) is 6.09. The number of methoxy groups -OCH3 is 1. The van der Waals surface area contributed by atoms with Gasteiger partial charge in [0.15, 0.2) is 0 Å². The summed E-state index contributed by atoms with van der Waals surface area (Å²) in [7, 11) is 1.41. The molecule has 1 saturated heterocycles. The zero-order valence-electron chi connectivity index (χ0n) is 13.6. The molecule has 1 amide bonds. The van der Waals surface area contributed by atoms with Crippen LogP contribution in [0.25, 0.3) is 0 Å². The summed E-state index contributed by atoms with van der Waals surface area (Å²) in [6, 6.07) is 6.29. The molecule has 3 aliphatic rings. The van der Waals surface area contributed by atoms with Gasteiger partial charge >= 0.3 is 5.97 Å². The lowest BCUT2D eigenvalue weighted by molar-refractivity contribution is -0.139. The fourth-order valence-electron chi connectivity index (χ4n) is 4.39. The van der Waals surface area contributed by atoms with Crippen molar-refractivity contribution in [1.82, 2.24) is 4.90 Å². The lowest BCUT2D eigenvalue weighted by Crippen LogP contribution is -2.45. The highest BCUT2D eigenvalue weighted by atomic mass is 16.5. The number of benzene rings is 1. The van der Waals surface area contributed by atoms with Gasteiger partial charge in [-0.15, -0.1) is 0 Å². The molecule has 4 heteroatoms. The second-order valence-electron chi connectivity index (χ2n) is 7.27. The minimum atomic E-state index is -0.291. The molecule has 23 heavy (non-hydrogen) atoms. The number of esters is 1. The number of rotatable bonds is 2. The number of fused-ring (bicyclic) bond motifs is 1. The van der Waals surface area contributed by atoms with E-state index in [1.807, 2.05) is 18.2 Å². The van der Waals surface area contributed by atoms with Crippen LogP contribution >= 0.6 is 0 Å². The molecule has 1 saturated carbocycles. The van der Waals surface area contributed by atoms with E-state index in [9.17, 15) is 9.59 Å². The molecular weight excluding hydrogens is 290 g/mol. The summed E-state index contributed by atoms with van der Waals surface area (Å²) < 4.78 is 4.80. The third kappa shape index (κ3) is 2.27. The van der Waals surface area contributed by atoms with Crippen molar-refractivity contribution in [2.75, 3.05) is 13.7 Å². The highest BCUT2D eigenvalue weighted by Crippen LogP contribution is 2.46. The van der Waals surface area contributed by atoms with E-state index in [2.05, 4.69) is 4.90 Å². The van der Waals surface area contributed by atoms with Crippen LogP contribution in [0.15, 0.2) is 18.2 Å². The van der Waals surface area contributed by atoms with Crippen LogP contribution in [-0.4, -0.2) is 36.5 Å². The van der Waals surface area contributed by atoms with Gasteiger partial charge in [0.25, 0.3) is 0 Å². The SMILES string of the molecule is COC(=O)c1ccc2c(c1)CC[C@@]1(CCN(C3CCC3)C1=O)C2. The summed E-state index contributed by atoms with van der Waals surface area (Å²) in [6.45, 7) is 0.930. The van der Waals surface area contributed by atoms with Gasteiger partial charge in [-0.1, -0.05) is 6.07 Å². The van der Waals surface area contributed by atoms with E-state index in [1.165, 1.54) is 37.5 Å². The van der Waals surface area contributed by atoms with Crippen LogP contribution in [0.3, 0.4) is 0 Å². The van der Waals surface area contributed by atoms with E-state index in [0.29, 0.717) is 17.5 Å². The van der Waals surface area contributed by atoms with Crippen LogP contribution in [-0.2, 0) is 22.4 Å². The Labute approximate surface area is 136 Å². The van der Waals surface area contributed by atoms with Gasteiger partial charge in [-0.2, -0.15) is 0 Å². The number of carbonyl (C=O) groups is 2. The van der Waals surface area contributed by atoms with E-state index >= 15 is 0 Å². The maximum absolute atomic E-state index is 13.0. The van der Waals surface area contributed by atoms with E-state index in [-0.39, 0.29) is 11.4 Å². The fraction of sp³-hybridized carbons (Fsp3) is 0.579. The van der Waals surface area contributed by atoms with Crippen molar-refractivity contribution in [2.45, 2.75) is 51.0 Å². The Morgan fingerprint density at radius 1 is 1.26 bits per heavy atom. The van der Waals surface area contributed by atoms with Gasteiger partial charge < -0.3 is 9.64 Å². The number of hydrogen-bond acceptors (Lipinski definition) is 3. The van der Waals surface area contributed by atoms with Gasteiger partial charge in [0, 0.05) is 12.6 Å². The minimum absolute atomic E-state index is 0.185. The normalized spacial score (nSPS) is 27.0. The smallest absolute Gasteiger partial charge is 0.337 e. The van der Waals surface area contributed by atoms with E-state index in [0.717, 1.165) is 32.2 Å². The Balaban J connectivity index is 1.57. The number of likely N-dealkylation sites (tertiary alicyclic amines) is 1. The van der Waals surface area contributed by atoms with Gasteiger partial charge in [-0.25, -0.2) is 4.79 Å². The van der Waals surface area contributed by atoms with Gasteiger partial charge in [0.1, 0.15) is 0 Å². The third-order valence-electron chi connectivity index (χ3n) is 6.09. The summed E-state index contributed by atoms with van der Waals surface area (Å²) in [6.07, 6.45) is 7.23. The molecule has 1 spiro atoms. The number of hydrogen-bond donors (Lipinski definition) is 0. The van der Waals surface area contributed by atoms with Crippen molar-refractivity contribution in [3.63, 3.8) is 0 Å². The van der Waals surface area contributed by atoms with Crippen LogP contribution in [0.4, 0.5) is 0 Å². The molecule has 2 fully saturated rings. The topological polar surface area (TPSA) is 46.6 Å². The van der Waals surface area contributed by atoms with Gasteiger partial charge in [-0.3, -0.25) is 4.79 Å². The molecule has 0 unspecified atom stereocenters. The summed E-state index contributed by atoms with van der Waals surface area (Å²) >= 11 is 0. The first kappa shape index (κ1) is 14.7. The second kappa shape index (κ2) is 5.36. The lowest BCUT2D eigenvalue weighted by atomic mass is 9.70. The molecule has 1 heterocycles. The molecule has 1 atom stereocenters. The summed E-state index contributed by atoms with van der Waals surface area (Å²) in [5.41, 5.74) is 2.85. The molecule has 4 rings (SSSR count). The van der Waals surface area contributed by atoms with E-state index in [4.69, 9.17) is 4.74 Å². The van der Waals surface area contributed by atoms with Crippen molar-refractivity contribution in [2.24, 2.45) is 5.41 Å². The molecule has 1 aliphatic heterocycles. The van der Waals surface area contributed by atoms with Crippen molar-refractivity contribution in [3.8, 4) is 0 Å². The lowest BCUT2D eigenvalue weighted by Gasteiger charge is -2.38. The Morgan fingerprint density at radius 3 is 2.78 bits per heavy atom. The average Bonchev–Trinajstić information content (AvgIpc) is 2.82. The Morgan fingerprint density at radius 2 is 2.09 bits per heavy atom. The van der Waals surface area contributed by atoms with Crippen molar-refractivity contribution < 1.29 is 14.3 Å². The van der Waals surface area contributed by atoms with Crippen LogP contribution in [0, 0.1) is 5.41 Å².